The molecule has 3 rings (SSSR count). The number of methoxy groups -OCH3 is 1. The first-order chi connectivity index (χ1) is 11.2. The summed E-state index contributed by atoms with van der Waals surface area (Å²) in [6.07, 6.45) is 3.57. The summed E-state index contributed by atoms with van der Waals surface area (Å²) < 4.78 is 5.98. The Hall–Kier alpha value is -2.11. The van der Waals surface area contributed by atoms with Crippen LogP contribution in [0.3, 0.4) is 0 Å². The van der Waals surface area contributed by atoms with Crippen LogP contribution >= 0.6 is 24.0 Å². The molecule has 0 N–H and O–H groups in total. The first-order valence-corrected chi connectivity index (χ1v) is 8.30. The molecule has 1 aliphatic heterocycles. The molecule has 1 heterocycles. The smallest absolute Gasteiger partial charge is 0.266 e. The van der Waals surface area contributed by atoms with Crippen LogP contribution in [0.15, 0.2) is 54.0 Å². The summed E-state index contributed by atoms with van der Waals surface area (Å²) in [4.78, 5) is 14.6. The van der Waals surface area contributed by atoms with Crippen LogP contribution in [0.25, 0.3) is 16.8 Å². The van der Waals surface area contributed by atoms with Gasteiger partial charge in [0.05, 0.1) is 12.0 Å². The van der Waals surface area contributed by atoms with Crippen LogP contribution in [0, 0.1) is 0 Å². The van der Waals surface area contributed by atoms with E-state index in [1.807, 2.05) is 42.5 Å². The molecular formula is C18H15NO2S2. The van der Waals surface area contributed by atoms with Crippen LogP contribution < -0.4 is 4.74 Å². The molecule has 2 aromatic carbocycles. The molecule has 116 valence electrons. The van der Waals surface area contributed by atoms with Gasteiger partial charge in [0.2, 0.25) is 0 Å². The van der Waals surface area contributed by atoms with Crippen molar-refractivity contribution < 1.29 is 9.53 Å². The SMILES string of the molecule is C=CCN1C(=O)C(=Cc2ccc(OC)c3ccccc23)SC1=S. The third-order valence-corrected chi connectivity index (χ3v) is 4.99. The fourth-order valence-electron chi connectivity index (χ4n) is 2.53. The first kappa shape index (κ1) is 15.8. The summed E-state index contributed by atoms with van der Waals surface area (Å²) >= 11 is 6.60. The van der Waals surface area contributed by atoms with Crippen LogP contribution in [0.5, 0.6) is 5.75 Å². The topological polar surface area (TPSA) is 29.5 Å². The van der Waals surface area contributed by atoms with Crippen molar-refractivity contribution in [3.05, 3.63) is 59.5 Å². The van der Waals surface area contributed by atoms with Crippen LogP contribution in [-0.4, -0.2) is 28.8 Å². The van der Waals surface area contributed by atoms with E-state index in [2.05, 4.69) is 6.58 Å². The number of hydrogen-bond acceptors (Lipinski definition) is 4. The van der Waals surface area contributed by atoms with Gasteiger partial charge in [-0.1, -0.05) is 60.4 Å². The van der Waals surface area contributed by atoms with Crippen LogP contribution in [0.2, 0.25) is 0 Å². The van der Waals surface area contributed by atoms with Gasteiger partial charge in [0, 0.05) is 11.9 Å². The summed E-state index contributed by atoms with van der Waals surface area (Å²) in [7, 11) is 1.65. The molecule has 23 heavy (non-hydrogen) atoms. The maximum absolute atomic E-state index is 12.4. The number of ether oxygens (including phenoxy) is 1. The monoisotopic (exact) mass is 341 g/mol. The van der Waals surface area contributed by atoms with Gasteiger partial charge in [-0.2, -0.15) is 0 Å². The lowest BCUT2D eigenvalue weighted by molar-refractivity contribution is -0.121. The lowest BCUT2D eigenvalue weighted by Gasteiger charge is -2.10. The van der Waals surface area contributed by atoms with Gasteiger partial charge >= 0.3 is 0 Å². The predicted molar refractivity (Wildman–Crippen MR) is 101 cm³/mol. The number of fused-ring (bicyclic) bond motifs is 1. The minimum atomic E-state index is -0.0696. The van der Waals surface area contributed by atoms with Gasteiger partial charge in [0.25, 0.3) is 5.91 Å². The molecule has 1 saturated heterocycles. The van der Waals surface area contributed by atoms with E-state index in [1.165, 1.54) is 11.8 Å². The quantitative estimate of drug-likeness (QED) is 0.473. The lowest BCUT2D eigenvalue weighted by atomic mass is 10.0. The number of amides is 1. The van der Waals surface area contributed by atoms with Crippen molar-refractivity contribution in [1.29, 1.82) is 0 Å². The van der Waals surface area contributed by atoms with Gasteiger partial charge in [-0.25, -0.2) is 0 Å². The van der Waals surface area contributed by atoms with E-state index in [9.17, 15) is 4.79 Å². The van der Waals surface area contributed by atoms with E-state index in [-0.39, 0.29) is 5.91 Å². The summed E-state index contributed by atoms with van der Waals surface area (Å²) in [6.45, 7) is 4.10. The molecule has 0 bridgehead atoms. The number of nitrogens with zero attached hydrogens (tertiary/aromatic N) is 1. The number of carbonyl (C=O) groups is 1. The Morgan fingerprint density at radius 3 is 2.70 bits per heavy atom. The molecule has 0 aromatic heterocycles. The minimum Gasteiger partial charge on any atom is -0.496 e. The highest BCUT2D eigenvalue weighted by atomic mass is 32.2. The molecule has 0 saturated carbocycles. The summed E-state index contributed by atoms with van der Waals surface area (Å²) in [5.41, 5.74) is 0.973. The minimum absolute atomic E-state index is 0.0696. The number of rotatable bonds is 4. The Bertz CT molecular complexity index is 842. The van der Waals surface area contributed by atoms with Crippen LogP contribution in [0.4, 0.5) is 0 Å². The Morgan fingerprint density at radius 1 is 1.26 bits per heavy atom. The summed E-state index contributed by atoms with van der Waals surface area (Å²) in [5, 5.41) is 2.06. The third-order valence-electron chi connectivity index (χ3n) is 3.61. The maximum Gasteiger partial charge on any atom is 0.266 e. The molecule has 0 radical (unpaired) electrons. The van der Waals surface area contributed by atoms with Crippen molar-refractivity contribution in [3.8, 4) is 5.75 Å². The van der Waals surface area contributed by atoms with Gasteiger partial charge in [-0.15, -0.1) is 6.58 Å². The molecule has 5 heteroatoms. The zero-order valence-corrected chi connectivity index (χ0v) is 14.2. The summed E-state index contributed by atoms with van der Waals surface area (Å²) in [6, 6.07) is 11.8. The van der Waals surface area contributed by atoms with Crippen molar-refractivity contribution in [1.82, 2.24) is 4.90 Å². The van der Waals surface area contributed by atoms with Crippen molar-refractivity contribution in [2.75, 3.05) is 13.7 Å². The molecule has 0 spiro atoms. The Kier molecular flexibility index (Phi) is 4.50. The zero-order chi connectivity index (χ0) is 16.4. The second kappa shape index (κ2) is 6.56. The van der Waals surface area contributed by atoms with Crippen molar-refractivity contribution in [2.24, 2.45) is 0 Å². The van der Waals surface area contributed by atoms with Gasteiger partial charge in [0.15, 0.2) is 0 Å². The van der Waals surface area contributed by atoms with Crippen LogP contribution in [0.1, 0.15) is 5.56 Å². The van der Waals surface area contributed by atoms with E-state index in [0.29, 0.717) is 15.8 Å². The van der Waals surface area contributed by atoms with E-state index in [1.54, 1.807) is 18.1 Å². The van der Waals surface area contributed by atoms with Gasteiger partial charge in [0.1, 0.15) is 10.1 Å². The van der Waals surface area contributed by atoms with E-state index in [0.717, 1.165) is 22.1 Å². The molecule has 1 fully saturated rings. The fourth-order valence-corrected chi connectivity index (χ4v) is 3.79. The standard InChI is InChI=1S/C18H15NO2S2/c1-3-10-19-17(20)16(23-18(19)22)11-12-8-9-15(21-2)14-7-5-4-6-13(12)14/h3-9,11H,1,10H2,2H3. The van der Waals surface area contributed by atoms with Crippen molar-refractivity contribution in [2.45, 2.75) is 0 Å². The van der Waals surface area contributed by atoms with E-state index >= 15 is 0 Å². The van der Waals surface area contributed by atoms with Crippen molar-refractivity contribution in [3.63, 3.8) is 0 Å². The second-order valence-electron chi connectivity index (χ2n) is 4.98. The summed E-state index contributed by atoms with van der Waals surface area (Å²) in [5.74, 6) is 0.747. The van der Waals surface area contributed by atoms with Gasteiger partial charge in [-0.05, 0) is 23.1 Å². The molecule has 0 aliphatic carbocycles. The number of hydrogen-bond donors (Lipinski definition) is 0. The molecule has 1 aliphatic rings. The highest BCUT2D eigenvalue weighted by Crippen LogP contribution is 2.35. The average Bonchev–Trinajstić information content (AvgIpc) is 2.83. The number of thioether (sulfide) groups is 1. The lowest BCUT2D eigenvalue weighted by Crippen LogP contribution is -2.27. The Morgan fingerprint density at radius 2 is 2.00 bits per heavy atom. The normalized spacial score (nSPS) is 16.4. The predicted octanol–water partition coefficient (Wildman–Crippen LogP) is 4.24. The number of carbonyl (C=O) groups excluding carboxylic acids is 1. The Balaban J connectivity index is 2.07. The highest BCUT2D eigenvalue weighted by Gasteiger charge is 2.31. The molecular weight excluding hydrogens is 326 g/mol. The first-order valence-electron chi connectivity index (χ1n) is 7.07. The molecule has 2 aromatic rings. The molecule has 0 unspecified atom stereocenters. The molecule has 1 amide bonds. The highest BCUT2D eigenvalue weighted by molar-refractivity contribution is 8.26. The number of benzene rings is 2. The Labute approximate surface area is 144 Å². The van der Waals surface area contributed by atoms with E-state index < -0.39 is 0 Å². The second-order valence-corrected chi connectivity index (χ2v) is 6.66. The molecule has 3 nitrogen and oxygen atoms in total. The largest absolute Gasteiger partial charge is 0.496 e. The molecule has 0 atom stereocenters. The fraction of sp³-hybridized carbons (Fsp3) is 0.111. The van der Waals surface area contributed by atoms with E-state index in [4.69, 9.17) is 17.0 Å². The number of thiocarbonyl (C=S) groups is 1. The third kappa shape index (κ3) is 2.90. The zero-order valence-electron chi connectivity index (χ0n) is 12.6. The van der Waals surface area contributed by atoms with Crippen LogP contribution in [-0.2, 0) is 4.79 Å². The van der Waals surface area contributed by atoms with Gasteiger partial charge in [-0.3, -0.25) is 9.69 Å². The maximum atomic E-state index is 12.4. The van der Waals surface area contributed by atoms with Crippen molar-refractivity contribution >= 4 is 51.1 Å². The van der Waals surface area contributed by atoms with Gasteiger partial charge < -0.3 is 4.74 Å². The average molecular weight is 341 g/mol.